The van der Waals surface area contributed by atoms with E-state index in [1.807, 2.05) is 0 Å². The lowest BCUT2D eigenvalue weighted by Crippen LogP contribution is -2.27. The van der Waals surface area contributed by atoms with E-state index < -0.39 is 26.0 Å². The molecule has 0 aliphatic rings. The highest BCUT2D eigenvalue weighted by Gasteiger charge is 2.20. The molecule has 0 fully saturated rings. The Kier molecular flexibility index (Phi) is 8.69. The van der Waals surface area contributed by atoms with Gasteiger partial charge in [0, 0.05) is 19.9 Å². The number of nitrogens with one attached hydrogen (secondary N) is 3. The molecule has 1 aromatic carbocycles. The first-order valence-electron chi connectivity index (χ1n) is 10.1. The summed E-state index contributed by atoms with van der Waals surface area (Å²) in [4.78, 5) is 16.7. The number of benzene rings is 1. The molecule has 186 valence electrons. The maximum Gasteiger partial charge on any atom is 0.273 e. The Bertz CT molecular complexity index is 1400. The quantitative estimate of drug-likeness (QED) is 0.192. The third kappa shape index (κ3) is 6.93. The standard InChI is InChI=1S/C21H23N5O6S3/c1-15(16-5-7-17(8-6-16)34(28,29)23-11-12-32-2)24-25-21(27)18-9-10-22-14-19(18)26-35(30,31)20-4-3-13-33-20/h3-10,13-14,23,26H,11-12H2,1-2H3,(H,25,27). The SMILES string of the molecule is COCCNS(=O)(=O)c1ccc(C(C)=NNC(=O)c2ccncc2NS(=O)(=O)c2cccs2)cc1. The molecule has 2 aromatic heterocycles. The molecule has 0 bridgehead atoms. The second-order valence-electron chi connectivity index (χ2n) is 7.01. The molecule has 0 radical (unpaired) electrons. The maximum absolute atomic E-state index is 12.7. The van der Waals surface area contributed by atoms with E-state index in [1.165, 1.54) is 43.8 Å². The third-order valence-electron chi connectivity index (χ3n) is 4.58. The summed E-state index contributed by atoms with van der Waals surface area (Å²) in [7, 11) is -6.07. The van der Waals surface area contributed by atoms with Gasteiger partial charge in [-0.05, 0) is 42.1 Å². The highest BCUT2D eigenvalue weighted by Crippen LogP contribution is 2.22. The van der Waals surface area contributed by atoms with Crippen molar-refractivity contribution >= 4 is 48.7 Å². The number of ether oxygens (including phenoxy) is 1. The Hall–Kier alpha value is -3.17. The Morgan fingerprint density at radius 3 is 2.49 bits per heavy atom. The first-order chi connectivity index (χ1) is 16.6. The number of anilines is 1. The van der Waals surface area contributed by atoms with Gasteiger partial charge in [0.05, 0.1) is 34.7 Å². The van der Waals surface area contributed by atoms with Crippen molar-refractivity contribution in [2.45, 2.75) is 16.0 Å². The van der Waals surface area contributed by atoms with Crippen molar-refractivity contribution in [3.8, 4) is 0 Å². The molecular formula is C21H23N5O6S3. The molecule has 14 heteroatoms. The van der Waals surface area contributed by atoms with Gasteiger partial charge in [-0.2, -0.15) is 5.10 Å². The van der Waals surface area contributed by atoms with Crippen LogP contribution in [0, 0.1) is 0 Å². The molecule has 0 saturated carbocycles. The van der Waals surface area contributed by atoms with Crippen LogP contribution in [-0.2, 0) is 24.8 Å². The summed E-state index contributed by atoms with van der Waals surface area (Å²) in [5.74, 6) is -0.655. The van der Waals surface area contributed by atoms with Crippen molar-refractivity contribution in [3.63, 3.8) is 0 Å². The molecule has 0 saturated heterocycles. The van der Waals surface area contributed by atoms with Crippen LogP contribution in [0.5, 0.6) is 0 Å². The second kappa shape index (κ2) is 11.5. The normalized spacial score (nSPS) is 12.3. The van der Waals surface area contributed by atoms with Crippen molar-refractivity contribution in [2.24, 2.45) is 5.10 Å². The number of rotatable bonds is 11. The molecule has 0 aliphatic heterocycles. The minimum atomic E-state index is -3.87. The lowest BCUT2D eigenvalue weighted by atomic mass is 10.1. The highest BCUT2D eigenvalue weighted by molar-refractivity contribution is 7.94. The summed E-state index contributed by atoms with van der Waals surface area (Å²) >= 11 is 1.04. The van der Waals surface area contributed by atoms with Gasteiger partial charge in [0.15, 0.2) is 0 Å². The van der Waals surface area contributed by atoms with E-state index in [-0.39, 0.29) is 33.5 Å². The topological polar surface area (TPSA) is 156 Å². The van der Waals surface area contributed by atoms with Crippen LogP contribution < -0.4 is 14.9 Å². The number of nitrogens with zero attached hydrogens (tertiary/aromatic N) is 2. The molecule has 0 atom stereocenters. The minimum absolute atomic E-state index is 0.00165. The summed E-state index contributed by atoms with van der Waals surface area (Å²) in [6.45, 7) is 2.03. The van der Waals surface area contributed by atoms with Crippen LogP contribution in [0.4, 0.5) is 5.69 Å². The summed E-state index contributed by atoms with van der Waals surface area (Å²) in [5.41, 5.74) is 3.40. The molecule has 1 amide bonds. The molecule has 11 nitrogen and oxygen atoms in total. The van der Waals surface area contributed by atoms with Crippen LogP contribution in [0.25, 0.3) is 0 Å². The number of sulfonamides is 2. The van der Waals surface area contributed by atoms with Gasteiger partial charge in [-0.1, -0.05) is 18.2 Å². The van der Waals surface area contributed by atoms with E-state index in [0.29, 0.717) is 11.3 Å². The molecule has 3 N–H and O–H groups in total. The van der Waals surface area contributed by atoms with Gasteiger partial charge >= 0.3 is 0 Å². The maximum atomic E-state index is 12.7. The van der Waals surface area contributed by atoms with Crippen molar-refractivity contribution in [1.82, 2.24) is 15.1 Å². The van der Waals surface area contributed by atoms with Gasteiger partial charge in [-0.3, -0.25) is 14.5 Å². The zero-order chi connectivity index (χ0) is 25.5. The fraction of sp³-hybridized carbons (Fsp3) is 0.190. The summed E-state index contributed by atoms with van der Waals surface area (Å²) < 4.78 is 59.3. The Morgan fingerprint density at radius 2 is 1.83 bits per heavy atom. The van der Waals surface area contributed by atoms with Crippen LogP contribution in [0.2, 0.25) is 0 Å². The number of thiophene rings is 1. The van der Waals surface area contributed by atoms with Crippen LogP contribution in [0.3, 0.4) is 0 Å². The van der Waals surface area contributed by atoms with Crippen LogP contribution in [-0.4, -0.2) is 53.7 Å². The fourth-order valence-electron chi connectivity index (χ4n) is 2.78. The number of carbonyl (C=O) groups excluding carboxylic acids is 1. The monoisotopic (exact) mass is 537 g/mol. The van der Waals surface area contributed by atoms with Gasteiger partial charge in [-0.15, -0.1) is 11.3 Å². The van der Waals surface area contributed by atoms with Crippen molar-refractivity contribution in [2.75, 3.05) is 25.0 Å². The molecule has 0 unspecified atom stereocenters. The van der Waals surface area contributed by atoms with E-state index in [0.717, 1.165) is 11.3 Å². The van der Waals surface area contributed by atoms with Crippen LogP contribution in [0.15, 0.2) is 74.4 Å². The van der Waals surface area contributed by atoms with Gasteiger partial charge in [0.2, 0.25) is 10.0 Å². The Balaban J connectivity index is 1.71. The van der Waals surface area contributed by atoms with E-state index >= 15 is 0 Å². The summed E-state index contributed by atoms with van der Waals surface area (Å²) in [6, 6.07) is 10.4. The summed E-state index contributed by atoms with van der Waals surface area (Å²) in [6.07, 6.45) is 2.59. The number of pyridine rings is 1. The predicted molar refractivity (Wildman–Crippen MR) is 133 cm³/mol. The number of methoxy groups -OCH3 is 1. The molecule has 3 aromatic rings. The van der Waals surface area contributed by atoms with Gasteiger partial charge in [0.25, 0.3) is 15.9 Å². The lowest BCUT2D eigenvalue weighted by molar-refractivity contribution is 0.0955. The molecule has 3 rings (SSSR count). The molecule has 2 heterocycles. The molecule has 0 spiro atoms. The first-order valence-corrected chi connectivity index (χ1v) is 13.9. The van der Waals surface area contributed by atoms with Crippen molar-refractivity contribution in [1.29, 1.82) is 0 Å². The molecule has 0 aliphatic carbocycles. The molecule has 35 heavy (non-hydrogen) atoms. The Labute approximate surface area is 207 Å². The summed E-state index contributed by atoms with van der Waals surface area (Å²) in [5, 5.41) is 5.68. The van der Waals surface area contributed by atoms with Gasteiger partial charge < -0.3 is 4.74 Å². The van der Waals surface area contributed by atoms with Crippen LogP contribution >= 0.6 is 11.3 Å². The lowest BCUT2D eigenvalue weighted by Gasteiger charge is -2.10. The van der Waals surface area contributed by atoms with Gasteiger partial charge in [-0.25, -0.2) is 27.0 Å². The number of hydrazone groups is 1. The average molecular weight is 538 g/mol. The van der Waals surface area contributed by atoms with Crippen molar-refractivity contribution < 1.29 is 26.4 Å². The van der Waals surface area contributed by atoms with Crippen LogP contribution in [0.1, 0.15) is 22.8 Å². The Morgan fingerprint density at radius 1 is 1.09 bits per heavy atom. The number of hydrogen-bond donors (Lipinski definition) is 3. The number of hydrogen-bond acceptors (Lipinski definition) is 9. The van der Waals surface area contributed by atoms with Gasteiger partial charge in [0.1, 0.15) is 4.21 Å². The first kappa shape index (κ1) is 26.4. The molecular weight excluding hydrogens is 514 g/mol. The smallest absolute Gasteiger partial charge is 0.273 e. The number of carbonyl (C=O) groups is 1. The van der Waals surface area contributed by atoms with E-state index in [2.05, 4.69) is 25.0 Å². The largest absolute Gasteiger partial charge is 0.383 e. The average Bonchev–Trinajstić information content (AvgIpc) is 3.39. The van der Waals surface area contributed by atoms with E-state index in [1.54, 1.807) is 30.5 Å². The third-order valence-corrected chi connectivity index (χ3v) is 8.82. The minimum Gasteiger partial charge on any atom is -0.383 e. The zero-order valence-electron chi connectivity index (χ0n) is 18.8. The van der Waals surface area contributed by atoms with Crippen molar-refractivity contribution in [3.05, 3.63) is 71.4 Å². The van der Waals surface area contributed by atoms with E-state index in [4.69, 9.17) is 4.74 Å². The predicted octanol–water partition coefficient (Wildman–Crippen LogP) is 2.02. The number of amides is 1. The second-order valence-corrected chi connectivity index (χ2v) is 11.6. The zero-order valence-corrected chi connectivity index (χ0v) is 21.2. The van der Waals surface area contributed by atoms with E-state index in [9.17, 15) is 21.6 Å². The fourth-order valence-corrected chi connectivity index (χ4v) is 5.85. The highest BCUT2D eigenvalue weighted by atomic mass is 32.2. The number of aromatic nitrogens is 1.